The van der Waals surface area contributed by atoms with Crippen LogP contribution in [0.5, 0.6) is 0 Å². The van der Waals surface area contributed by atoms with Crippen LogP contribution in [0.15, 0.2) is 47.5 Å². The fourth-order valence-electron chi connectivity index (χ4n) is 3.05. The molecule has 0 aliphatic carbocycles. The number of aromatic nitrogens is 2. The van der Waals surface area contributed by atoms with Crippen LogP contribution in [-0.2, 0) is 17.9 Å². The minimum absolute atomic E-state index is 0.0798. The van der Waals surface area contributed by atoms with Gasteiger partial charge in [-0.2, -0.15) is 0 Å². The first-order chi connectivity index (χ1) is 11.9. The molecule has 25 heavy (non-hydrogen) atoms. The molecule has 0 aliphatic heterocycles. The van der Waals surface area contributed by atoms with E-state index in [9.17, 15) is 9.59 Å². The van der Waals surface area contributed by atoms with E-state index in [0.717, 1.165) is 27.6 Å². The lowest BCUT2D eigenvalue weighted by Gasteiger charge is -2.21. The van der Waals surface area contributed by atoms with Crippen LogP contribution in [0.3, 0.4) is 0 Å². The van der Waals surface area contributed by atoms with Crippen LogP contribution in [0.2, 0.25) is 0 Å². The van der Waals surface area contributed by atoms with E-state index in [1.807, 2.05) is 44.2 Å². The maximum absolute atomic E-state index is 12.5. The van der Waals surface area contributed by atoms with E-state index < -0.39 is 0 Å². The number of hydrogen-bond donors (Lipinski definition) is 1. The monoisotopic (exact) mass is 335 g/mol. The Bertz CT molecular complexity index is 977. The fraction of sp³-hybridized carbons (Fsp3) is 0.250. The highest BCUT2D eigenvalue weighted by atomic mass is 16.2. The van der Waals surface area contributed by atoms with E-state index in [0.29, 0.717) is 12.1 Å². The molecule has 5 nitrogen and oxygen atoms in total. The van der Waals surface area contributed by atoms with Gasteiger partial charge in [0, 0.05) is 31.4 Å². The molecule has 1 amide bonds. The lowest BCUT2D eigenvalue weighted by Crippen LogP contribution is -2.30. The van der Waals surface area contributed by atoms with Crippen molar-refractivity contribution in [2.75, 3.05) is 0 Å². The smallest absolute Gasteiger partial charge is 0.253 e. The summed E-state index contributed by atoms with van der Waals surface area (Å²) in [5.74, 6) is -0.0798. The maximum Gasteiger partial charge on any atom is 0.253 e. The van der Waals surface area contributed by atoms with Gasteiger partial charge in [0.25, 0.3) is 5.56 Å². The second-order valence-electron chi connectivity index (χ2n) is 6.41. The largest absolute Gasteiger partial charge is 0.334 e. The van der Waals surface area contributed by atoms with Crippen molar-refractivity contribution in [3.63, 3.8) is 0 Å². The Morgan fingerprint density at radius 1 is 1.20 bits per heavy atom. The summed E-state index contributed by atoms with van der Waals surface area (Å²) in [7, 11) is 0. The summed E-state index contributed by atoms with van der Waals surface area (Å²) in [4.78, 5) is 33.2. The number of H-pyrrole nitrogens is 1. The third-order valence-electron chi connectivity index (χ3n) is 4.27. The van der Waals surface area contributed by atoms with E-state index in [4.69, 9.17) is 0 Å². The van der Waals surface area contributed by atoms with Gasteiger partial charge in [0.15, 0.2) is 0 Å². The summed E-state index contributed by atoms with van der Waals surface area (Å²) >= 11 is 0. The van der Waals surface area contributed by atoms with Crippen molar-refractivity contribution in [2.45, 2.75) is 33.9 Å². The lowest BCUT2D eigenvalue weighted by molar-refractivity contribution is -0.130. The molecule has 0 aliphatic rings. The number of aryl methyl sites for hydroxylation is 2. The average molecular weight is 335 g/mol. The van der Waals surface area contributed by atoms with Gasteiger partial charge < -0.3 is 9.88 Å². The minimum atomic E-state index is -0.156. The van der Waals surface area contributed by atoms with Crippen LogP contribution in [-0.4, -0.2) is 20.8 Å². The molecule has 5 heteroatoms. The third-order valence-corrected chi connectivity index (χ3v) is 4.27. The van der Waals surface area contributed by atoms with Crippen molar-refractivity contribution in [2.24, 2.45) is 0 Å². The first-order valence-corrected chi connectivity index (χ1v) is 8.21. The predicted molar refractivity (Wildman–Crippen MR) is 98.2 cm³/mol. The van der Waals surface area contributed by atoms with Crippen molar-refractivity contribution in [1.29, 1.82) is 0 Å². The third kappa shape index (κ3) is 3.76. The van der Waals surface area contributed by atoms with Gasteiger partial charge in [-0.25, -0.2) is 0 Å². The summed E-state index contributed by atoms with van der Waals surface area (Å²) in [6.45, 7) is 6.21. The van der Waals surface area contributed by atoms with E-state index in [1.165, 1.54) is 6.92 Å². The number of hydrogen-bond acceptors (Lipinski definition) is 3. The minimum Gasteiger partial charge on any atom is -0.334 e. The molecule has 0 unspecified atom stereocenters. The Morgan fingerprint density at radius 3 is 2.68 bits per heavy atom. The van der Waals surface area contributed by atoms with Crippen LogP contribution in [0, 0.1) is 13.8 Å². The zero-order valence-corrected chi connectivity index (χ0v) is 14.7. The SMILES string of the molecule is CC(=O)N(Cc1cccnc1)Cc1cc2cc(C)cc(C)c2[nH]c1=O. The number of fused-ring (bicyclic) bond motifs is 1. The number of pyridine rings is 2. The Kier molecular flexibility index (Phi) is 4.65. The summed E-state index contributed by atoms with van der Waals surface area (Å²) in [6.07, 6.45) is 3.42. The number of aromatic amines is 1. The summed E-state index contributed by atoms with van der Waals surface area (Å²) in [5, 5.41) is 0.983. The van der Waals surface area contributed by atoms with Crippen molar-refractivity contribution in [3.05, 3.63) is 75.3 Å². The van der Waals surface area contributed by atoms with Crippen molar-refractivity contribution >= 4 is 16.8 Å². The number of rotatable bonds is 4. The quantitative estimate of drug-likeness (QED) is 0.797. The molecule has 2 heterocycles. The van der Waals surface area contributed by atoms with Crippen molar-refractivity contribution in [1.82, 2.24) is 14.9 Å². The molecule has 3 rings (SSSR count). The van der Waals surface area contributed by atoms with Gasteiger partial charge in [-0.15, -0.1) is 0 Å². The van der Waals surface area contributed by atoms with Gasteiger partial charge in [0.1, 0.15) is 0 Å². The maximum atomic E-state index is 12.5. The highest BCUT2D eigenvalue weighted by Crippen LogP contribution is 2.19. The first-order valence-electron chi connectivity index (χ1n) is 8.21. The zero-order chi connectivity index (χ0) is 18.0. The highest BCUT2D eigenvalue weighted by molar-refractivity contribution is 5.83. The predicted octanol–water partition coefficient (Wildman–Crippen LogP) is 3.09. The molecule has 1 aromatic carbocycles. The van der Waals surface area contributed by atoms with Crippen molar-refractivity contribution in [3.8, 4) is 0 Å². The standard InChI is InChI=1S/C20H21N3O2/c1-13-7-14(2)19-17(8-13)9-18(20(25)22-19)12-23(15(3)24)11-16-5-4-6-21-10-16/h4-10H,11-12H2,1-3H3,(H,22,25). The summed E-state index contributed by atoms with van der Waals surface area (Å²) in [5.41, 5.74) is 4.38. The molecule has 0 saturated heterocycles. The number of amides is 1. The normalized spacial score (nSPS) is 10.8. The molecule has 2 aromatic heterocycles. The van der Waals surface area contributed by atoms with E-state index in [1.54, 1.807) is 17.3 Å². The Labute approximate surface area is 146 Å². The zero-order valence-electron chi connectivity index (χ0n) is 14.7. The Morgan fingerprint density at radius 2 is 2.00 bits per heavy atom. The Balaban J connectivity index is 1.95. The second-order valence-corrected chi connectivity index (χ2v) is 6.41. The molecule has 0 bridgehead atoms. The Hall–Kier alpha value is -2.95. The molecule has 3 aromatic rings. The molecule has 1 N–H and O–H groups in total. The average Bonchev–Trinajstić information content (AvgIpc) is 2.56. The molecule has 0 fully saturated rings. The highest BCUT2D eigenvalue weighted by Gasteiger charge is 2.14. The molecule has 128 valence electrons. The number of carbonyl (C=O) groups excluding carboxylic acids is 1. The van der Waals surface area contributed by atoms with Crippen molar-refractivity contribution < 1.29 is 4.79 Å². The van der Waals surface area contributed by atoms with Crippen LogP contribution >= 0.6 is 0 Å². The van der Waals surface area contributed by atoms with Crippen LogP contribution in [0.4, 0.5) is 0 Å². The molecule has 0 atom stereocenters. The summed E-state index contributed by atoms with van der Waals surface area (Å²) in [6, 6.07) is 9.72. The van der Waals surface area contributed by atoms with Crippen LogP contribution in [0.25, 0.3) is 10.9 Å². The number of carbonyl (C=O) groups is 1. The number of benzene rings is 1. The topological polar surface area (TPSA) is 66.1 Å². The van der Waals surface area contributed by atoms with Gasteiger partial charge in [0.2, 0.25) is 5.91 Å². The van der Waals surface area contributed by atoms with Gasteiger partial charge >= 0.3 is 0 Å². The van der Waals surface area contributed by atoms with Gasteiger partial charge in [-0.3, -0.25) is 14.6 Å². The molecular weight excluding hydrogens is 314 g/mol. The number of nitrogens with zero attached hydrogens (tertiary/aromatic N) is 2. The fourth-order valence-corrected chi connectivity index (χ4v) is 3.05. The van der Waals surface area contributed by atoms with Gasteiger partial charge in [-0.1, -0.05) is 17.7 Å². The number of nitrogens with one attached hydrogen (secondary N) is 1. The van der Waals surface area contributed by atoms with E-state index in [-0.39, 0.29) is 18.0 Å². The van der Waals surface area contributed by atoms with Gasteiger partial charge in [0.05, 0.1) is 12.1 Å². The molecule has 0 spiro atoms. The molecule has 0 radical (unpaired) electrons. The lowest BCUT2D eigenvalue weighted by atomic mass is 10.0. The van der Waals surface area contributed by atoms with Gasteiger partial charge in [-0.05, 0) is 48.6 Å². The molecule has 0 saturated carbocycles. The van der Waals surface area contributed by atoms with Crippen LogP contribution < -0.4 is 5.56 Å². The first kappa shape index (κ1) is 16.9. The van der Waals surface area contributed by atoms with E-state index >= 15 is 0 Å². The van der Waals surface area contributed by atoms with Crippen LogP contribution in [0.1, 0.15) is 29.2 Å². The van der Waals surface area contributed by atoms with E-state index in [2.05, 4.69) is 9.97 Å². The second kappa shape index (κ2) is 6.89. The molecular formula is C20H21N3O2. The summed E-state index contributed by atoms with van der Waals surface area (Å²) < 4.78 is 0.